The minimum Gasteiger partial charge on any atom is -0.456 e. The highest BCUT2D eigenvalue weighted by Crippen LogP contribution is 2.33. The van der Waals surface area contributed by atoms with Crippen LogP contribution in [0.25, 0.3) is 0 Å². The van der Waals surface area contributed by atoms with Gasteiger partial charge in [0.05, 0.1) is 5.02 Å². The van der Waals surface area contributed by atoms with Crippen molar-refractivity contribution in [2.24, 2.45) is 5.73 Å². The van der Waals surface area contributed by atoms with Gasteiger partial charge in [0.15, 0.2) is 0 Å². The maximum absolute atomic E-state index is 6.08. The van der Waals surface area contributed by atoms with Crippen LogP contribution >= 0.6 is 43.5 Å². The summed E-state index contributed by atoms with van der Waals surface area (Å²) in [5.74, 6) is 1.30. The number of benzene rings is 2. The Morgan fingerprint density at radius 2 is 1.83 bits per heavy atom. The molecule has 0 saturated carbocycles. The van der Waals surface area contributed by atoms with Crippen LogP contribution in [0.1, 0.15) is 5.56 Å². The summed E-state index contributed by atoms with van der Waals surface area (Å²) in [5.41, 5.74) is 6.62. The lowest BCUT2D eigenvalue weighted by Gasteiger charge is -2.10. The third-order valence-corrected chi connectivity index (χ3v) is 3.55. The predicted octanol–water partition coefficient (Wildman–Crippen LogP) is 5.12. The quantitative estimate of drug-likeness (QED) is 0.789. The molecular formula is C13H10Br2ClNO. The van der Waals surface area contributed by atoms with Gasteiger partial charge >= 0.3 is 0 Å². The van der Waals surface area contributed by atoms with Crippen LogP contribution in [-0.4, -0.2) is 0 Å². The Hall–Kier alpha value is -0.550. The van der Waals surface area contributed by atoms with E-state index in [1.54, 1.807) is 6.07 Å². The molecule has 0 aliphatic carbocycles. The third kappa shape index (κ3) is 3.48. The monoisotopic (exact) mass is 389 g/mol. The molecule has 0 fully saturated rings. The summed E-state index contributed by atoms with van der Waals surface area (Å²) in [6.07, 6.45) is 0. The molecule has 0 spiro atoms. The Morgan fingerprint density at radius 1 is 1.06 bits per heavy atom. The number of rotatable bonds is 3. The molecule has 0 heterocycles. The number of hydrogen-bond donors (Lipinski definition) is 1. The first kappa shape index (κ1) is 13.9. The van der Waals surface area contributed by atoms with Gasteiger partial charge in [-0.15, -0.1) is 0 Å². The molecule has 2 aromatic carbocycles. The van der Waals surface area contributed by atoms with Crippen molar-refractivity contribution in [2.45, 2.75) is 6.54 Å². The second-order valence-electron chi connectivity index (χ2n) is 3.68. The van der Waals surface area contributed by atoms with Crippen molar-refractivity contribution >= 4 is 43.5 Å². The van der Waals surface area contributed by atoms with Gasteiger partial charge in [0.1, 0.15) is 11.5 Å². The van der Waals surface area contributed by atoms with Gasteiger partial charge < -0.3 is 10.5 Å². The minimum absolute atomic E-state index is 0.460. The molecule has 0 saturated heterocycles. The number of nitrogens with two attached hydrogens (primary N) is 1. The van der Waals surface area contributed by atoms with Crippen LogP contribution in [0, 0.1) is 0 Å². The van der Waals surface area contributed by atoms with E-state index in [1.807, 2.05) is 30.3 Å². The molecule has 5 heteroatoms. The lowest BCUT2D eigenvalue weighted by Crippen LogP contribution is -1.96. The molecule has 0 unspecified atom stereocenters. The highest BCUT2D eigenvalue weighted by atomic mass is 79.9. The molecule has 0 aliphatic heterocycles. The van der Waals surface area contributed by atoms with Crippen LogP contribution in [0.2, 0.25) is 5.02 Å². The van der Waals surface area contributed by atoms with Crippen molar-refractivity contribution < 1.29 is 4.74 Å². The van der Waals surface area contributed by atoms with Gasteiger partial charge in [-0.1, -0.05) is 43.5 Å². The smallest absolute Gasteiger partial charge is 0.147 e. The molecule has 0 bridgehead atoms. The van der Waals surface area contributed by atoms with Gasteiger partial charge in [0, 0.05) is 15.5 Å². The first-order valence-electron chi connectivity index (χ1n) is 5.21. The zero-order chi connectivity index (χ0) is 13.1. The fourth-order valence-corrected chi connectivity index (χ4v) is 2.50. The summed E-state index contributed by atoms with van der Waals surface area (Å²) in [5, 5.41) is 0.562. The van der Waals surface area contributed by atoms with E-state index in [4.69, 9.17) is 22.1 Å². The number of halogens is 3. The maximum Gasteiger partial charge on any atom is 0.147 e. The fourth-order valence-electron chi connectivity index (χ4n) is 1.48. The number of ether oxygens (including phenoxy) is 1. The van der Waals surface area contributed by atoms with Crippen LogP contribution in [0.5, 0.6) is 11.5 Å². The molecule has 18 heavy (non-hydrogen) atoms. The van der Waals surface area contributed by atoms with E-state index in [9.17, 15) is 0 Å². The topological polar surface area (TPSA) is 35.2 Å². The summed E-state index contributed by atoms with van der Waals surface area (Å²) in [6.45, 7) is 0.460. The Kier molecular flexibility index (Phi) is 4.67. The molecule has 0 aliphatic rings. The fraction of sp³-hybridized carbons (Fsp3) is 0.0769. The van der Waals surface area contributed by atoms with E-state index in [0.717, 1.165) is 14.5 Å². The zero-order valence-corrected chi connectivity index (χ0v) is 13.2. The van der Waals surface area contributed by atoms with Gasteiger partial charge in [-0.05, 0) is 42.0 Å². The SMILES string of the molecule is NCc1cc(Br)cc(Oc2cc(Br)ccc2Cl)c1. The Balaban J connectivity index is 2.33. The van der Waals surface area contributed by atoms with Crippen molar-refractivity contribution in [3.8, 4) is 11.5 Å². The summed E-state index contributed by atoms with van der Waals surface area (Å²) >= 11 is 12.9. The van der Waals surface area contributed by atoms with E-state index >= 15 is 0 Å². The van der Waals surface area contributed by atoms with Gasteiger partial charge in [0.25, 0.3) is 0 Å². The molecule has 0 amide bonds. The third-order valence-electron chi connectivity index (χ3n) is 2.29. The standard InChI is InChI=1S/C13H10Br2ClNO/c14-9-1-2-12(16)13(6-9)18-11-4-8(7-17)3-10(15)5-11/h1-6H,7,17H2. The van der Waals surface area contributed by atoms with E-state index < -0.39 is 0 Å². The van der Waals surface area contributed by atoms with Crippen LogP contribution in [0.4, 0.5) is 0 Å². The predicted molar refractivity (Wildman–Crippen MR) is 81.3 cm³/mol. The molecular weight excluding hydrogens is 381 g/mol. The van der Waals surface area contributed by atoms with Crippen molar-refractivity contribution in [1.82, 2.24) is 0 Å². The summed E-state index contributed by atoms with van der Waals surface area (Å²) in [6, 6.07) is 11.2. The average Bonchev–Trinajstić information content (AvgIpc) is 2.33. The molecule has 0 atom stereocenters. The number of hydrogen-bond acceptors (Lipinski definition) is 2. The van der Waals surface area contributed by atoms with E-state index in [-0.39, 0.29) is 0 Å². The van der Waals surface area contributed by atoms with Crippen LogP contribution in [0.3, 0.4) is 0 Å². The summed E-state index contributed by atoms with van der Waals surface area (Å²) < 4.78 is 7.60. The van der Waals surface area contributed by atoms with Gasteiger partial charge in [-0.3, -0.25) is 0 Å². The molecule has 0 radical (unpaired) electrons. The van der Waals surface area contributed by atoms with Gasteiger partial charge in [-0.2, -0.15) is 0 Å². The van der Waals surface area contributed by atoms with Gasteiger partial charge in [0.2, 0.25) is 0 Å². The second-order valence-corrected chi connectivity index (χ2v) is 5.91. The molecule has 2 aromatic rings. The first-order chi connectivity index (χ1) is 8.58. The Morgan fingerprint density at radius 3 is 2.56 bits per heavy atom. The minimum atomic E-state index is 0.460. The molecule has 2 nitrogen and oxygen atoms in total. The highest BCUT2D eigenvalue weighted by molar-refractivity contribution is 9.10. The van der Waals surface area contributed by atoms with Crippen LogP contribution in [0.15, 0.2) is 45.3 Å². The molecule has 0 aromatic heterocycles. The normalized spacial score (nSPS) is 10.4. The molecule has 2 rings (SSSR count). The molecule has 2 N–H and O–H groups in total. The van der Waals surface area contributed by atoms with E-state index in [0.29, 0.717) is 23.1 Å². The summed E-state index contributed by atoms with van der Waals surface area (Å²) in [7, 11) is 0. The lowest BCUT2D eigenvalue weighted by atomic mass is 10.2. The zero-order valence-electron chi connectivity index (χ0n) is 9.29. The summed E-state index contributed by atoms with van der Waals surface area (Å²) in [4.78, 5) is 0. The lowest BCUT2D eigenvalue weighted by molar-refractivity contribution is 0.481. The second kappa shape index (κ2) is 6.06. The largest absolute Gasteiger partial charge is 0.456 e. The molecule has 94 valence electrons. The Bertz CT molecular complexity index is 575. The van der Waals surface area contributed by atoms with Crippen molar-refractivity contribution in [1.29, 1.82) is 0 Å². The van der Waals surface area contributed by atoms with E-state index in [1.165, 1.54) is 0 Å². The van der Waals surface area contributed by atoms with Crippen LogP contribution < -0.4 is 10.5 Å². The first-order valence-corrected chi connectivity index (χ1v) is 7.17. The average molecular weight is 391 g/mol. The maximum atomic E-state index is 6.08. The van der Waals surface area contributed by atoms with E-state index in [2.05, 4.69) is 31.9 Å². The van der Waals surface area contributed by atoms with Gasteiger partial charge in [-0.25, -0.2) is 0 Å². The van der Waals surface area contributed by atoms with Crippen molar-refractivity contribution in [3.05, 3.63) is 55.9 Å². The van der Waals surface area contributed by atoms with Crippen molar-refractivity contribution in [2.75, 3.05) is 0 Å². The highest BCUT2D eigenvalue weighted by Gasteiger charge is 2.06. The Labute approximate surface area is 127 Å². The van der Waals surface area contributed by atoms with Crippen LogP contribution in [-0.2, 0) is 6.54 Å². The van der Waals surface area contributed by atoms with Crippen molar-refractivity contribution in [3.63, 3.8) is 0 Å².